The van der Waals surface area contributed by atoms with Crippen molar-refractivity contribution >= 4 is 6.09 Å². The number of ether oxygens (including phenoxy) is 1. The van der Waals surface area contributed by atoms with E-state index in [1.165, 1.54) is 12.3 Å². The molecule has 114 valence electrons. The summed E-state index contributed by atoms with van der Waals surface area (Å²) in [4.78, 5) is 11.4. The molecule has 1 rings (SSSR count). The molecule has 1 aromatic rings. The average molecular weight is 292 g/mol. The lowest BCUT2D eigenvalue weighted by Crippen LogP contribution is -2.35. The maximum absolute atomic E-state index is 12.7. The zero-order chi connectivity index (χ0) is 15.6. The topological polar surface area (TPSA) is 43.3 Å². The summed E-state index contributed by atoms with van der Waals surface area (Å²) in [5.41, 5.74) is -1.38. The van der Waals surface area contributed by atoms with Crippen LogP contribution in [0.1, 0.15) is 39.4 Å². The zero-order valence-electron chi connectivity index (χ0n) is 11.9. The highest BCUT2D eigenvalue weighted by Crippen LogP contribution is 2.31. The van der Waals surface area contributed by atoms with Crippen LogP contribution in [0.15, 0.2) is 18.3 Å². The van der Waals surface area contributed by atoms with Crippen LogP contribution in [0.25, 0.3) is 0 Å². The van der Waals surface area contributed by atoms with Gasteiger partial charge >= 0.3 is 12.3 Å². The quantitative estimate of drug-likeness (QED) is 0.925. The summed E-state index contributed by atoms with van der Waals surface area (Å²) in [6.07, 6.45) is -3.72. The Hall–Kier alpha value is -1.66. The lowest BCUT2D eigenvalue weighted by molar-refractivity contribution is -0.144. The number of hydrogen-bond donors (Lipinski definition) is 1. The van der Waals surface area contributed by atoms with Gasteiger partial charge in [0.25, 0.3) is 0 Å². The number of amides is 1. The first-order chi connectivity index (χ1) is 9.00. The predicted octanol–water partition coefficient (Wildman–Crippen LogP) is 3.59. The number of hydrogen-bond acceptors (Lipinski definition) is 2. The summed E-state index contributed by atoms with van der Waals surface area (Å²) in [6, 6.07) is 1.80. The van der Waals surface area contributed by atoms with Crippen LogP contribution in [-0.4, -0.2) is 22.8 Å². The number of nitrogens with zero attached hydrogens (tertiary/aromatic N) is 1. The minimum atomic E-state index is -4.41. The molecule has 0 aliphatic rings. The molecule has 0 aliphatic heterocycles. The van der Waals surface area contributed by atoms with Gasteiger partial charge in [-0.2, -0.15) is 13.2 Å². The number of rotatable bonds is 3. The third kappa shape index (κ3) is 4.79. The van der Waals surface area contributed by atoms with Crippen molar-refractivity contribution in [3.05, 3.63) is 24.0 Å². The van der Waals surface area contributed by atoms with Gasteiger partial charge in [-0.15, -0.1) is 0 Å². The van der Waals surface area contributed by atoms with Crippen LogP contribution >= 0.6 is 0 Å². The Balaban J connectivity index is 2.62. The molecule has 1 amide bonds. The van der Waals surface area contributed by atoms with E-state index in [9.17, 15) is 18.0 Å². The summed E-state index contributed by atoms with van der Waals surface area (Å²) < 4.78 is 44.3. The third-order valence-corrected chi connectivity index (χ3v) is 2.48. The molecule has 4 nitrogen and oxygen atoms in total. The van der Waals surface area contributed by atoms with Gasteiger partial charge in [0.15, 0.2) is 0 Å². The smallest absolute Gasteiger partial charge is 0.431 e. The molecule has 20 heavy (non-hydrogen) atoms. The molecular formula is C13H19F3N2O2. The predicted molar refractivity (Wildman–Crippen MR) is 68.4 cm³/mol. The number of alkyl carbamates (subject to hydrolysis) is 1. The van der Waals surface area contributed by atoms with Crippen LogP contribution in [0.4, 0.5) is 18.0 Å². The summed E-state index contributed by atoms with van der Waals surface area (Å²) in [5, 5.41) is 2.46. The Bertz CT molecular complexity index is 461. The van der Waals surface area contributed by atoms with E-state index in [1.54, 1.807) is 27.7 Å². The monoisotopic (exact) mass is 292 g/mol. The van der Waals surface area contributed by atoms with Crippen molar-refractivity contribution in [2.75, 3.05) is 6.54 Å². The third-order valence-electron chi connectivity index (χ3n) is 2.48. The second-order valence-electron chi connectivity index (χ2n) is 5.53. The largest absolute Gasteiger partial charge is 0.444 e. The van der Waals surface area contributed by atoms with Crippen molar-refractivity contribution in [1.82, 2.24) is 9.88 Å². The maximum Gasteiger partial charge on any atom is 0.431 e. The summed E-state index contributed by atoms with van der Waals surface area (Å²) >= 11 is 0. The Morgan fingerprint density at radius 3 is 2.50 bits per heavy atom. The minimum absolute atomic E-state index is 0.0483. The molecule has 0 saturated heterocycles. The van der Waals surface area contributed by atoms with Crippen LogP contribution in [0.2, 0.25) is 0 Å². The number of halogens is 3. The average Bonchev–Trinajstić information content (AvgIpc) is 2.71. The zero-order valence-corrected chi connectivity index (χ0v) is 11.9. The Labute approximate surface area is 115 Å². The normalized spacial score (nSPS) is 13.9. The van der Waals surface area contributed by atoms with E-state index in [0.29, 0.717) is 0 Å². The van der Waals surface area contributed by atoms with Crippen LogP contribution in [0, 0.1) is 0 Å². The van der Waals surface area contributed by atoms with Crippen LogP contribution in [0.3, 0.4) is 0 Å². The highest BCUT2D eigenvalue weighted by molar-refractivity contribution is 5.67. The molecule has 0 aliphatic carbocycles. The summed E-state index contributed by atoms with van der Waals surface area (Å²) in [7, 11) is 0. The number of carbonyl (C=O) groups excluding carboxylic acids is 1. The molecular weight excluding hydrogens is 273 g/mol. The second-order valence-corrected chi connectivity index (χ2v) is 5.53. The van der Waals surface area contributed by atoms with Crippen molar-refractivity contribution in [2.45, 2.75) is 45.5 Å². The van der Waals surface area contributed by atoms with Gasteiger partial charge in [0.05, 0.1) is 0 Å². The van der Waals surface area contributed by atoms with Gasteiger partial charge in [0, 0.05) is 18.8 Å². The van der Waals surface area contributed by atoms with Gasteiger partial charge in [-0.1, -0.05) is 0 Å². The van der Waals surface area contributed by atoms with E-state index < -0.39 is 29.6 Å². The fourth-order valence-corrected chi connectivity index (χ4v) is 1.66. The lowest BCUT2D eigenvalue weighted by Gasteiger charge is -2.22. The van der Waals surface area contributed by atoms with Gasteiger partial charge in [-0.3, -0.25) is 0 Å². The van der Waals surface area contributed by atoms with Crippen molar-refractivity contribution in [3.8, 4) is 0 Å². The molecule has 7 heteroatoms. The van der Waals surface area contributed by atoms with Crippen LogP contribution < -0.4 is 5.32 Å². The summed E-state index contributed by atoms with van der Waals surface area (Å²) in [5.74, 6) is 0. The van der Waals surface area contributed by atoms with Crippen LogP contribution in [0.5, 0.6) is 0 Å². The van der Waals surface area contributed by atoms with Gasteiger partial charge in [-0.25, -0.2) is 4.79 Å². The molecule has 0 bridgehead atoms. The first-order valence-corrected chi connectivity index (χ1v) is 6.21. The Kier molecular flexibility index (Phi) is 4.73. The number of carbonyl (C=O) groups is 1. The molecule has 1 aromatic heterocycles. The van der Waals surface area contributed by atoms with E-state index in [0.717, 1.165) is 10.6 Å². The summed E-state index contributed by atoms with van der Waals surface area (Å²) in [6.45, 7) is 6.77. The second kappa shape index (κ2) is 5.76. The van der Waals surface area contributed by atoms with Gasteiger partial charge in [-0.05, 0) is 39.8 Å². The van der Waals surface area contributed by atoms with Gasteiger partial charge in [0.1, 0.15) is 11.3 Å². The molecule has 1 atom stereocenters. The van der Waals surface area contributed by atoms with Crippen molar-refractivity contribution in [3.63, 3.8) is 0 Å². The van der Waals surface area contributed by atoms with Crippen molar-refractivity contribution in [1.29, 1.82) is 0 Å². The van der Waals surface area contributed by atoms with E-state index in [1.807, 2.05) is 0 Å². The number of nitrogens with one attached hydrogen (secondary N) is 1. The highest BCUT2D eigenvalue weighted by Gasteiger charge is 2.34. The standard InChI is InChI=1S/C13H19F3N2O2/c1-9(8-17-11(19)20-12(2,3)4)18-7-5-6-10(18)13(14,15)16/h5-7,9H,8H2,1-4H3,(H,17,19). The highest BCUT2D eigenvalue weighted by atomic mass is 19.4. The number of alkyl halides is 3. The molecule has 1 N–H and O–H groups in total. The number of aromatic nitrogens is 1. The van der Waals surface area contributed by atoms with Crippen LogP contribution in [-0.2, 0) is 10.9 Å². The molecule has 1 heterocycles. The molecule has 0 spiro atoms. The molecule has 0 saturated carbocycles. The molecule has 0 aromatic carbocycles. The van der Waals surface area contributed by atoms with Crippen molar-refractivity contribution < 1.29 is 22.7 Å². The van der Waals surface area contributed by atoms with Gasteiger partial charge < -0.3 is 14.6 Å². The Morgan fingerprint density at radius 2 is 2.00 bits per heavy atom. The molecule has 1 unspecified atom stereocenters. The SMILES string of the molecule is CC(CNC(=O)OC(C)(C)C)n1cccc1C(F)(F)F. The van der Waals surface area contributed by atoms with E-state index in [4.69, 9.17) is 4.74 Å². The van der Waals surface area contributed by atoms with E-state index in [2.05, 4.69) is 5.32 Å². The fourth-order valence-electron chi connectivity index (χ4n) is 1.66. The molecule has 0 fully saturated rings. The Morgan fingerprint density at radius 1 is 1.40 bits per heavy atom. The van der Waals surface area contributed by atoms with Crippen molar-refractivity contribution in [2.24, 2.45) is 0 Å². The molecule has 0 radical (unpaired) electrons. The van der Waals surface area contributed by atoms with Gasteiger partial charge in [0.2, 0.25) is 0 Å². The van der Waals surface area contributed by atoms with E-state index >= 15 is 0 Å². The first kappa shape index (κ1) is 16.4. The fraction of sp³-hybridized carbons (Fsp3) is 0.615. The minimum Gasteiger partial charge on any atom is -0.444 e. The lowest BCUT2D eigenvalue weighted by atomic mass is 10.2. The first-order valence-electron chi connectivity index (χ1n) is 6.21. The maximum atomic E-state index is 12.7. The van der Waals surface area contributed by atoms with E-state index in [-0.39, 0.29) is 6.54 Å².